The normalized spacial score (nSPS) is 12.9. The Kier molecular flexibility index (Phi) is 4.70. The Morgan fingerprint density at radius 1 is 1.50 bits per heavy atom. The summed E-state index contributed by atoms with van der Waals surface area (Å²) in [5.74, 6) is 0.0523. The molecule has 0 saturated carbocycles. The summed E-state index contributed by atoms with van der Waals surface area (Å²) in [6.45, 7) is 0.735. The number of rotatable bonds is 6. The lowest BCUT2D eigenvalue weighted by atomic mass is 10.4. The van der Waals surface area contributed by atoms with Crippen LogP contribution >= 0.6 is 0 Å². The van der Waals surface area contributed by atoms with Gasteiger partial charge in [-0.1, -0.05) is 0 Å². The van der Waals surface area contributed by atoms with Crippen molar-refractivity contribution in [2.24, 2.45) is 0 Å². The van der Waals surface area contributed by atoms with E-state index in [2.05, 4.69) is 0 Å². The van der Waals surface area contributed by atoms with Gasteiger partial charge in [0.05, 0.1) is 5.75 Å². The minimum atomic E-state index is -1.11. The van der Waals surface area contributed by atoms with Gasteiger partial charge in [0.2, 0.25) is 5.76 Å². The second kappa shape index (κ2) is 5.81. The van der Waals surface area contributed by atoms with Gasteiger partial charge < -0.3 is 14.4 Å². The van der Waals surface area contributed by atoms with Crippen LogP contribution in [0.15, 0.2) is 16.5 Å². The lowest BCUT2D eigenvalue weighted by Gasteiger charge is -2.07. The van der Waals surface area contributed by atoms with Crippen LogP contribution in [-0.4, -0.2) is 46.6 Å². The number of aromatic carboxylic acids is 1. The van der Waals surface area contributed by atoms with Crippen LogP contribution in [0.5, 0.6) is 0 Å². The van der Waals surface area contributed by atoms with E-state index in [1.165, 1.54) is 6.07 Å². The highest BCUT2D eigenvalue weighted by Crippen LogP contribution is 2.10. The number of nitrogens with zero attached hydrogens (tertiary/aromatic N) is 1. The first-order valence-electron chi connectivity index (χ1n) is 4.80. The van der Waals surface area contributed by atoms with Gasteiger partial charge in [0, 0.05) is 23.1 Å². The van der Waals surface area contributed by atoms with Crippen molar-refractivity contribution >= 4 is 16.8 Å². The van der Waals surface area contributed by atoms with Gasteiger partial charge in [0.25, 0.3) is 0 Å². The third-order valence-electron chi connectivity index (χ3n) is 1.94. The van der Waals surface area contributed by atoms with E-state index in [0.717, 1.165) is 6.54 Å². The van der Waals surface area contributed by atoms with Crippen LogP contribution in [-0.2, 0) is 16.6 Å². The summed E-state index contributed by atoms with van der Waals surface area (Å²) in [4.78, 5) is 12.5. The van der Waals surface area contributed by atoms with Crippen LogP contribution in [0.3, 0.4) is 0 Å². The molecule has 1 atom stereocenters. The number of carboxylic acid groups (broad SMARTS) is 1. The zero-order valence-corrected chi connectivity index (χ0v) is 10.1. The third-order valence-corrected chi connectivity index (χ3v) is 3.19. The first-order valence-corrected chi connectivity index (χ1v) is 6.29. The maximum absolute atomic E-state index is 11.6. The molecule has 0 amide bonds. The molecule has 1 heterocycles. The van der Waals surface area contributed by atoms with Crippen molar-refractivity contribution < 1.29 is 18.5 Å². The van der Waals surface area contributed by atoms with E-state index in [0.29, 0.717) is 11.5 Å². The average Bonchev–Trinajstić information content (AvgIpc) is 2.63. The second-order valence-electron chi connectivity index (χ2n) is 3.66. The van der Waals surface area contributed by atoms with Crippen molar-refractivity contribution in [3.05, 3.63) is 23.7 Å². The van der Waals surface area contributed by atoms with Crippen molar-refractivity contribution in [1.82, 2.24) is 4.90 Å². The molecule has 1 unspecified atom stereocenters. The maximum atomic E-state index is 11.6. The zero-order valence-electron chi connectivity index (χ0n) is 9.30. The minimum absolute atomic E-state index is 0.111. The quantitative estimate of drug-likeness (QED) is 0.802. The first-order chi connectivity index (χ1) is 7.49. The van der Waals surface area contributed by atoms with Crippen molar-refractivity contribution in [3.8, 4) is 0 Å². The molecule has 16 heavy (non-hydrogen) atoms. The first kappa shape index (κ1) is 12.9. The lowest BCUT2D eigenvalue weighted by Crippen LogP contribution is -2.19. The van der Waals surface area contributed by atoms with E-state index in [1.54, 1.807) is 6.07 Å². The fourth-order valence-electron chi connectivity index (χ4n) is 1.09. The molecule has 1 rings (SSSR count). The van der Waals surface area contributed by atoms with E-state index in [1.807, 2.05) is 19.0 Å². The number of hydrogen-bond donors (Lipinski definition) is 1. The predicted molar refractivity (Wildman–Crippen MR) is 60.9 cm³/mol. The molecule has 1 aromatic rings. The molecule has 0 aliphatic carbocycles. The van der Waals surface area contributed by atoms with Crippen LogP contribution < -0.4 is 0 Å². The van der Waals surface area contributed by atoms with Crippen molar-refractivity contribution in [2.45, 2.75) is 5.75 Å². The summed E-state index contributed by atoms with van der Waals surface area (Å²) in [6.07, 6.45) is 0. The van der Waals surface area contributed by atoms with Crippen LogP contribution in [0.2, 0.25) is 0 Å². The smallest absolute Gasteiger partial charge is 0.371 e. The molecule has 1 aromatic heterocycles. The zero-order chi connectivity index (χ0) is 12.1. The second-order valence-corrected chi connectivity index (χ2v) is 5.24. The Morgan fingerprint density at radius 3 is 2.69 bits per heavy atom. The summed E-state index contributed by atoms with van der Waals surface area (Å²) < 4.78 is 16.6. The Hall–Kier alpha value is -1.14. The van der Waals surface area contributed by atoms with Gasteiger partial charge in [-0.25, -0.2) is 4.79 Å². The molecule has 0 fully saturated rings. The van der Waals surface area contributed by atoms with Gasteiger partial charge in [0.1, 0.15) is 5.76 Å². The number of furan rings is 1. The fourth-order valence-corrected chi connectivity index (χ4v) is 2.27. The van der Waals surface area contributed by atoms with Gasteiger partial charge in [-0.3, -0.25) is 4.21 Å². The Morgan fingerprint density at radius 2 is 2.19 bits per heavy atom. The summed E-state index contributed by atoms with van der Waals surface area (Å²) in [5, 5.41) is 8.63. The van der Waals surface area contributed by atoms with Crippen LogP contribution in [0.1, 0.15) is 16.3 Å². The van der Waals surface area contributed by atoms with Crippen LogP contribution in [0.4, 0.5) is 0 Å². The maximum Gasteiger partial charge on any atom is 0.371 e. The molecule has 0 radical (unpaired) electrons. The van der Waals surface area contributed by atoms with E-state index >= 15 is 0 Å². The predicted octanol–water partition coefficient (Wildman–Crippen LogP) is 0.788. The van der Waals surface area contributed by atoms with Crippen molar-refractivity contribution in [2.75, 3.05) is 26.4 Å². The molecule has 0 aromatic carbocycles. The number of carbonyl (C=O) groups is 1. The molecule has 90 valence electrons. The topological polar surface area (TPSA) is 70.8 Å². The molecule has 6 heteroatoms. The van der Waals surface area contributed by atoms with E-state index in [-0.39, 0.29) is 11.5 Å². The highest BCUT2D eigenvalue weighted by molar-refractivity contribution is 7.84. The standard InChI is InChI=1S/C10H15NO4S/c1-11(2)5-6-16(14)7-8-3-4-9(15-8)10(12)13/h3-4H,5-7H2,1-2H3,(H,12,13). The van der Waals surface area contributed by atoms with E-state index in [9.17, 15) is 9.00 Å². The SMILES string of the molecule is CN(C)CCS(=O)Cc1ccc(C(=O)O)o1. The third kappa shape index (κ3) is 4.16. The minimum Gasteiger partial charge on any atom is -0.475 e. The van der Waals surface area contributed by atoms with E-state index in [4.69, 9.17) is 9.52 Å². The van der Waals surface area contributed by atoms with Crippen LogP contribution in [0.25, 0.3) is 0 Å². The molecule has 0 saturated heterocycles. The monoisotopic (exact) mass is 245 g/mol. The summed E-state index contributed by atoms with van der Waals surface area (Å²) in [7, 11) is 2.80. The fraction of sp³-hybridized carbons (Fsp3) is 0.500. The van der Waals surface area contributed by atoms with Crippen LogP contribution in [0, 0.1) is 0 Å². The summed E-state index contributed by atoms with van der Waals surface area (Å²) in [6, 6.07) is 2.93. The molecular formula is C10H15NO4S. The highest BCUT2D eigenvalue weighted by atomic mass is 32.2. The Labute approximate surface area is 96.5 Å². The van der Waals surface area contributed by atoms with Gasteiger partial charge in [-0.15, -0.1) is 0 Å². The summed E-state index contributed by atoms with van der Waals surface area (Å²) >= 11 is 0. The Balaban J connectivity index is 2.46. The molecule has 5 nitrogen and oxygen atoms in total. The molecule has 1 N–H and O–H groups in total. The van der Waals surface area contributed by atoms with Gasteiger partial charge >= 0.3 is 5.97 Å². The van der Waals surface area contributed by atoms with Crippen molar-refractivity contribution in [1.29, 1.82) is 0 Å². The molecule has 0 bridgehead atoms. The van der Waals surface area contributed by atoms with E-state index < -0.39 is 16.8 Å². The molecule has 0 aliphatic heterocycles. The lowest BCUT2D eigenvalue weighted by molar-refractivity contribution is 0.0661. The van der Waals surface area contributed by atoms with Crippen molar-refractivity contribution in [3.63, 3.8) is 0 Å². The van der Waals surface area contributed by atoms with Gasteiger partial charge in [-0.05, 0) is 26.2 Å². The highest BCUT2D eigenvalue weighted by Gasteiger charge is 2.11. The van der Waals surface area contributed by atoms with Gasteiger partial charge in [-0.2, -0.15) is 0 Å². The average molecular weight is 245 g/mol. The number of carboxylic acids is 1. The molecule has 0 aliphatic rings. The molecule has 0 spiro atoms. The van der Waals surface area contributed by atoms with Gasteiger partial charge in [0.15, 0.2) is 0 Å². The summed E-state index contributed by atoms with van der Waals surface area (Å²) in [5.41, 5.74) is 0. The molecular weight excluding hydrogens is 230 g/mol. The largest absolute Gasteiger partial charge is 0.475 e. The Bertz CT molecular complexity index is 386. The number of hydrogen-bond acceptors (Lipinski definition) is 4.